The summed E-state index contributed by atoms with van der Waals surface area (Å²) in [6, 6.07) is 10.6. The monoisotopic (exact) mass is 581 g/mol. The molecule has 1 atom stereocenters. The summed E-state index contributed by atoms with van der Waals surface area (Å²) < 4.78 is 19.2. The van der Waals surface area contributed by atoms with Crippen molar-refractivity contribution < 1.29 is 19.0 Å². The first-order valence-electron chi connectivity index (χ1n) is 11.5. The number of aromatic nitrogens is 2. The zero-order chi connectivity index (χ0) is 26.3. The Balaban J connectivity index is 1.79. The number of nitrogens with one attached hydrogen (secondary N) is 1. The maximum atomic E-state index is 13.9. The van der Waals surface area contributed by atoms with Crippen molar-refractivity contribution in [1.29, 1.82) is 0 Å². The van der Waals surface area contributed by atoms with Gasteiger partial charge in [0.1, 0.15) is 17.5 Å². The van der Waals surface area contributed by atoms with Gasteiger partial charge >= 0.3 is 5.97 Å². The molecule has 190 valence electrons. The van der Waals surface area contributed by atoms with E-state index in [0.717, 1.165) is 16.5 Å². The normalized spacial score (nSPS) is 15.5. The van der Waals surface area contributed by atoms with Gasteiger partial charge in [0.15, 0.2) is 4.80 Å². The second kappa shape index (κ2) is 10.0. The molecule has 0 fully saturated rings. The number of methoxy groups -OCH3 is 2. The third-order valence-corrected chi connectivity index (χ3v) is 7.83. The van der Waals surface area contributed by atoms with Crippen molar-refractivity contribution in [2.24, 2.45) is 4.99 Å². The Kier molecular flexibility index (Phi) is 6.78. The van der Waals surface area contributed by atoms with Gasteiger partial charge in [-0.15, -0.1) is 0 Å². The SMILES string of the molecule is CCOC(=O)C1=C(C)N=c2s/c(=C\c3c[nH]c4ccccc34)c(=O)n2[C@@H]1c1cc(Br)c(OC)cc1OC. The highest BCUT2D eigenvalue weighted by molar-refractivity contribution is 9.10. The number of benzene rings is 2. The van der Waals surface area contributed by atoms with Crippen LogP contribution in [0.5, 0.6) is 11.5 Å². The number of aromatic amines is 1. The van der Waals surface area contributed by atoms with Gasteiger partial charge in [0.25, 0.3) is 5.56 Å². The van der Waals surface area contributed by atoms with E-state index in [1.807, 2.05) is 36.5 Å². The zero-order valence-corrected chi connectivity index (χ0v) is 23.0. The number of para-hydroxylation sites is 1. The molecule has 0 saturated carbocycles. The molecule has 37 heavy (non-hydrogen) atoms. The van der Waals surface area contributed by atoms with Crippen LogP contribution < -0.4 is 24.4 Å². The van der Waals surface area contributed by atoms with E-state index in [0.29, 0.717) is 36.6 Å². The molecular formula is C27H24BrN3O5S. The van der Waals surface area contributed by atoms with Gasteiger partial charge in [-0.3, -0.25) is 9.36 Å². The molecule has 0 saturated heterocycles. The van der Waals surface area contributed by atoms with E-state index >= 15 is 0 Å². The van der Waals surface area contributed by atoms with Crippen molar-refractivity contribution in [3.63, 3.8) is 0 Å². The summed E-state index contributed by atoms with van der Waals surface area (Å²) in [6.45, 7) is 3.68. The number of hydrogen-bond acceptors (Lipinski definition) is 7. The molecule has 0 aliphatic carbocycles. The predicted octanol–water partition coefficient (Wildman–Crippen LogP) is 4.06. The molecule has 8 nitrogen and oxygen atoms in total. The fourth-order valence-corrected chi connectivity index (χ4v) is 6.10. The van der Waals surface area contributed by atoms with Crippen LogP contribution in [-0.2, 0) is 9.53 Å². The summed E-state index contributed by atoms with van der Waals surface area (Å²) in [5, 5.41) is 1.01. The number of nitrogens with zero attached hydrogens (tertiary/aromatic N) is 2. The van der Waals surface area contributed by atoms with Crippen LogP contribution in [0.3, 0.4) is 0 Å². The Bertz CT molecular complexity index is 1750. The molecule has 0 bridgehead atoms. The molecular weight excluding hydrogens is 558 g/mol. The summed E-state index contributed by atoms with van der Waals surface area (Å²) in [5.41, 5.74) is 2.98. The molecule has 10 heteroatoms. The molecule has 2 aromatic carbocycles. The number of ether oxygens (including phenoxy) is 3. The summed E-state index contributed by atoms with van der Waals surface area (Å²) in [7, 11) is 3.09. The largest absolute Gasteiger partial charge is 0.496 e. The summed E-state index contributed by atoms with van der Waals surface area (Å²) in [6.07, 6.45) is 3.73. The Morgan fingerprint density at radius 1 is 1.22 bits per heavy atom. The zero-order valence-electron chi connectivity index (χ0n) is 20.6. The predicted molar refractivity (Wildman–Crippen MR) is 146 cm³/mol. The molecule has 0 unspecified atom stereocenters. The first-order valence-corrected chi connectivity index (χ1v) is 13.2. The van der Waals surface area contributed by atoms with Crippen LogP contribution in [0.1, 0.15) is 31.0 Å². The summed E-state index contributed by atoms with van der Waals surface area (Å²) in [5.74, 6) is 0.493. The molecule has 1 aliphatic heterocycles. The maximum Gasteiger partial charge on any atom is 0.338 e. The average molecular weight is 582 g/mol. The Hall–Kier alpha value is -3.63. The van der Waals surface area contributed by atoms with Crippen LogP contribution in [0.15, 0.2) is 68.1 Å². The third-order valence-electron chi connectivity index (χ3n) is 6.22. The topological polar surface area (TPSA) is 94.9 Å². The lowest BCUT2D eigenvalue weighted by molar-refractivity contribution is -0.139. The standard InChI is InChI=1S/C27H24BrN3O5S/c1-5-36-26(33)23-14(2)30-27-31(24(23)17-11-18(28)21(35-4)12-20(17)34-3)25(32)22(37-27)10-15-13-29-19-9-7-6-8-16(15)19/h6-13,24,29H,5H2,1-4H3/b22-10-/t24-/m1/s1. The third kappa shape index (κ3) is 4.30. The van der Waals surface area contributed by atoms with Crippen LogP contribution in [-0.4, -0.2) is 36.3 Å². The maximum absolute atomic E-state index is 13.9. The molecule has 3 heterocycles. The van der Waals surface area contributed by atoms with Gasteiger partial charge in [0, 0.05) is 34.3 Å². The van der Waals surface area contributed by atoms with Gasteiger partial charge in [-0.2, -0.15) is 0 Å². The van der Waals surface area contributed by atoms with E-state index in [4.69, 9.17) is 14.2 Å². The van der Waals surface area contributed by atoms with E-state index in [2.05, 4.69) is 25.9 Å². The second-order valence-corrected chi connectivity index (χ2v) is 10.2. The van der Waals surface area contributed by atoms with Gasteiger partial charge in [-0.1, -0.05) is 29.5 Å². The van der Waals surface area contributed by atoms with Crippen molar-refractivity contribution in [3.05, 3.63) is 89.2 Å². The first kappa shape index (κ1) is 25.0. The van der Waals surface area contributed by atoms with E-state index in [1.165, 1.54) is 18.4 Å². The Morgan fingerprint density at radius 2 is 1.97 bits per heavy atom. The molecule has 5 rings (SSSR count). The highest BCUT2D eigenvalue weighted by Crippen LogP contribution is 2.41. The Morgan fingerprint density at radius 3 is 2.70 bits per heavy atom. The van der Waals surface area contributed by atoms with E-state index in [-0.39, 0.29) is 17.7 Å². The highest BCUT2D eigenvalue weighted by Gasteiger charge is 2.35. The first-order chi connectivity index (χ1) is 17.9. The number of H-pyrrole nitrogens is 1. The van der Waals surface area contributed by atoms with E-state index < -0.39 is 12.0 Å². The number of rotatable bonds is 6. The van der Waals surface area contributed by atoms with Gasteiger partial charge in [-0.25, -0.2) is 9.79 Å². The molecule has 0 spiro atoms. The lowest BCUT2D eigenvalue weighted by Crippen LogP contribution is -2.40. The van der Waals surface area contributed by atoms with E-state index in [1.54, 1.807) is 37.7 Å². The fourth-order valence-electron chi connectivity index (χ4n) is 4.54. The van der Waals surface area contributed by atoms with Crippen molar-refractivity contribution in [1.82, 2.24) is 9.55 Å². The molecule has 0 amide bonds. The number of hydrogen-bond donors (Lipinski definition) is 1. The van der Waals surface area contributed by atoms with Crippen molar-refractivity contribution in [2.45, 2.75) is 19.9 Å². The van der Waals surface area contributed by atoms with Crippen LogP contribution >= 0.6 is 27.3 Å². The molecule has 2 aromatic heterocycles. The van der Waals surface area contributed by atoms with Crippen molar-refractivity contribution in [3.8, 4) is 11.5 Å². The molecule has 4 aromatic rings. The van der Waals surface area contributed by atoms with Gasteiger partial charge in [0.05, 0.1) is 41.1 Å². The smallest absolute Gasteiger partial charge is 0.338 e. The number of halogens is 1. The molecule has 1 N–H and O–H groups in total. The molecule has 0 radical (unpaired) electrons. The number of esters is 1. The van der Waals surface area contributed by atoms with Crippen LogP contribution in [0.4, 0.5) is 0 Å². The second-order valence-electron chi connectivity index (χ2n) is 8.32. The minimum atomic E-state index is -0.808. The lowest BCUT2D eigenvalue weighted by Gasteiger charge is -2.26. The van der Waals surface area contributed by atoms with Gasteiger partial charge in [-0.05, 0) is 48.0 Å². The summed E-state index contributed by atoms with van der Waals surface area (Å²) in [4.78, 5) is 35.5. The van der Waals surface area contributed by atoms with Gasteiger partial charge < -0.3 is 19.2 Å². The Labute approximate surface area is 224 Å². The van der Waals surface area contributed by atoms with Crippen LogP contribution in [0.25, 0.3) is 17.0 Å². The van der Waals surface area contributed by atoms with Crippen LogP contribution in [0, 0.1) is 0 Å². The minimum Gasteiger partial charge on any atom is -0.496 e. The number of carbonyl (C=O) groups excluding carboxylic acids is 1. The highest BCUT2D eigenvalue weighted by atomic mass is 79.9. The lowest BCUT2D eigenvalue weighted by atomic mass is 9.95. The number of thiazole rings is 1. The van der Waals surface area contributed by atoms with Gasteiger partial charge in [0.2, 0.25) is 0 Å². The molecule has 1 aliphatic rings. The van der Waals surface area contributed by atoms with Crippen LogP contribution in [0.2, 0.25) is 0 Å². The van der Waals surface area contributed by atoms with Crippen molar-refractivity contribution in [2.75, 3.05) is 20.8 Å². The summed E-state index contributed by atoms with van der Waals surface area (Å²) >= 11 is 4.81. The minimum absolute atomic E-state index is 0.191. The number of allylic oxidation sites excluding steroid dienone is 1. The van der Waals surface area contributed by atoms with E-state index in [9.17, 15) is 9.59 Å². The quantitative estimate of drug-likeness (QED) is 0.346. The average Bonchev–Trinajstić information content (AvgIpc) is 3.43. The number of carbonyl (C=O) groups is 1. The fraction of sp³-hybridized carbons (Fsp3) is 0.222. The number of fused-ring (bicyclic) bond motifs is 2. The van der Waals surface area contributed by atoms with Crippen molar-refractivity contribution >= 4 is 50.2 Å².